The van der Waals surface area contributed by atoms with Gasteiger partial charge in [0.2, 0.25) is 0 Å². The summed E-state index contributed by atoms with van der Waals surface area (Å²) in [4.78, 5) is 0. The molecule has 0 aliphatic heterocycles. The van der Waals surface area contributed by atoms with Crippen LogP contribution in [0.1, 0.15) is 33.4 Å². The van der Waals surface area contributed by atoms with Gasteiger partial charge in [0.1, 0.15) is 11.5 Å². The van der Waals surface area contributed by atoms with Gasteiger partial charge in [0.25, 0.3) is 0 Å². The Bertz CT molecular complexity index is 1070. The third-order valence-corrected chi connectivity index (χ3v) is 5.65. The third kappa shape index (κ3) is 4.85. The Hall–Kier alpha value is -3.54. The minimum absolute atomic E-state index is 0.813. The van der Waals surface area contributed by atoms with Crippen molar-refractivity contribution in [3.8, 4) is 11.5 Å². The second-order valence-electron chi connectivity index (χ2n) is 7.97. The van der Waals surface area contributed by atoms with E-state index in [1.54, 1.807) is 14.2 Å². The molecule has 0 aliphatic rings. The van der Waals surface area contributed by atoms with Crippen LogP contribution < -0.4 is 9.47 Å². The Balaban J connectivity index is 1.90. The van der Waals surface area contributed by atoms with Crippen LogP contribution in [0.4, 0.5) is 22.7 Å². The van der Waals surface area contributed by atoms with Gasteiger partial charge in [-0.05, 0) is 111 Å². The summed E-state index contributed by atoms with van der Waals surface area (Å²) >= 11 is 0. The first-order chi connectivity index (χ1) is 15.2. The molecule has 3 aromatic carbocycles. The average Bonchev–Trinajstić information content (AvgIpc) is 2.76. The third-order valence-electron chi connectivity index (χ3n) is 5.65. The molecule has 0 atom stereocenters. The van der Waals surface area contributed by atoms with Gasteiger partial charge in [-0.2, -0.15) is 10.2 Å². The van der Waals surface area contributed by atoms with Crippen molar-refractivity contribution in [1.29, 1.82) is 0 Å². The Morgan fingerprint density at radius 1 is 0.500 bits per heavy atom. The maximum Gasteiger partial charge on any atom is 0.119 e. The average molecular weight is 431 g/mol. The van der Waals surface area contributed by atoms with E-state index in [9.17, 15) is 0 Å². The van der Waals surface area contributed by atoms with Gasteiger partial charge in [-0.3, -0.25) is 0 Å². The van der Waals surface area contributed by atoms with Crippen LogP contribution in [-0.4, -0.2) is 14.2 Å². The molecule has 32 heavy (non-hydrogen) atoms. The highest BCUT2D eigenvalue weighted by molar-refractivity contribution is 5.62. The number of rotatable bonds is 6. The highest BCUT2D eigenvalue weighted by Crippen LogP contribution is 2.35. The van der Waals surface area contributed by atoms with Crippen LogP contribution in [0.5, 0.6) is 11.5 Å². The van der Waals surface area contributed by atoms with Crippen molar-refractivity contribution in [2.75, 3.05) is 14.2 Å². The summed E-state index contributed by atoms with van der Waals surface area (Å²) < 4.78 is 10.6. The summed E-state index contributed by atoms with van der Waals surface area (Å²) in [6.45, 7) is 12.1. The highest BCUT2D eigenvalue weighted by Gasteiger charge is 2.09. The van der Waals surface area contributed by atoms with E-state index in [4.69, 9.17) is 9.47 Å². The van der Waals surface area contributed by atoms with Crippen LogP contribution in [0.15, 0.2) is 56.9 Å². The molecule has 0 bridgehead atoms. The fourth-order valence-corrected chi connectivity index (χ4v) is 3.60. The van der Waals surface area contributed by atoms with Crippen molar-refractivity contribution in [3.05, 3.63) is 69.8 Å². The molecule has 0 saturated carbocycles. The Labute approximate surface area is 190 Å². The van der Waals surface area contributed by atoms with E-state index in [0.717, 1.165) is 67.6 Å². The van der Waals surface area contributed by atoms with Crippen LogP contribution in [0.2, 0.25) is 0 Å². The van der Waals surface area contributed by atoms with Gasteiger partial charge in [0.15, 0.2) is 0 Å². The van der Waals surface area contributed by atoms with E-state index in [0.29, 0.717) is 0 Å². The van der Waals surface area contributed by atoms with Crippen molar-refractivity contribution in [1.82, 2.24) is 0 Å². The van der Waals surface area contributed by atoms with Crippen LogP contribution in [0.3, 0.4) is 0 Å². The zero-order valence-corrected chi connectivity index (χ0v) is 20.1. The molecule has 0 amide bonds. The Morgan fingerprint density at radius 3 is 1.09 bits per heavy atom. The fourth-order valence-electron chi connectivity index (χ4n) is 3.60. The van der Waals surface area contributed by atoms with Crippen LogP contribution in [-0.2, 0) is 0 Å². The zero-order chi connectivity index (χ0) is 23.4. The smallest absolute Gasteiger partial charge is 0.119 e. The van der Waals surface area contributed by atoms with Gasteiger partial charge in [-0.15, -0.1) is 10.2 Å². The lowest BCUT2D eigenvalue weighted by Gasteiger charge is -2.10. The molecule has 3 aromatic rings. The van der Waals surface area contributed by atoms with E-state index < -0.39 is 0 Å². The molecule has 3 rings (SSSR count). The molecule has 0 saturated heterocycles. The summed E-state index contributed by atoms with van der Waals surface area (Å²) in [5.74, 6) is 1.64. The lowest BCUT2D eigenvalue weighted by Crippen LogP contribution is -1.87. The molecular weight excluding hydrogens is 400 g/mol. The molecular formula is C26H30N4O2. The number of aryl methyl sites for hydroxylation is 4. The fraction of sp³-hybridized carbons (Fsp3) is 0.308. The first-order valence-corrected chi connectivity index (χ1v) is 10.5. The molecule has 0 aliphatic carbocycles. The molecule has 0 unspecified atom stereocenters. The quantitative estimate of drug-likeness (QED) is 0.368. The topological polar surface area (TPSA) is 67.9 Å². The molecule has 6 heteroatoms. The van der Waals surface area contributed by atoms with Crippen molar-refractivity contribution in [3.63, 3.8) is 0 Å². The molecule has 6 nitrogen and oxygen atoms in total. The number of benzene rings is 3. The molecule has 0 aromatic heterocycles. The maximum atomic E-state index is 5.32. The van der Waals surface area contributed by atoms with E-state index >= 15 is 0 Å². The molecule has 0 N–H and O–H groups in total. The summed E-state index contributed by atoms with van der Waals surface area (Å²) in [5.41, 5.74) is 9.49. The second-order valence-corrected chi connectivity index (χ2v) is 7.97. The predicted molar refractivity (Wildman–Crippen MR) is 129 cm³/mol. The molecule has 0 spiro atoms. The molecule has 0 fully saturated rings. The lowest BCUT2D eigenvalue weighted by atomic mass is 10.1. The SMILES string of the molecule is COc1cc(C)c(N=Nc2ccc(N=Nc3c(C)cc(OC)cc3C)c(C)c2C)c(C)c1. The van der Waals surface area contributed by atoms with Crippen LogP contribution in [0.25, 0.3) is 0 Å². The van der Waals surface area contributed by atoms with Gasteiger partial charge < -0.3 is 9.47 Å². The second kappa shape index (κ2) is 9.73. The number of hydrogen-bond donors (Lipinski definition) is 0. The van der Waals surface area contributed by atoms with Crippen molar-refractivity contribution < 1.29 is 9.47 Å². The van der Waals surface area contributed by atoms with Gasteiger partial charge >= 0.3 is 0 Å². The van der Waals surface area contributed by atoms with Crippen molar-refractivity contribution >= 4 is 22.7 Å². The van der Waals surface area contributed by atoms with Gasteiger partial charge in [0.05, 0.1) is 37.0 Å². The summed E-state index contributed by atoms with van der Waals surface area (Å²) in [7, 11) is 3.33. The zero-order valence-electron chi connectivity index (χ0n) is 20.1. The summed E-state index contributed by atoms with van der Waals surface area (Å²) in [5, 5.41) is 18.1. The maximum absolute atomic E-state index is 5.32. The van der Waals surface area contributed by atoms with Gasteiger partial charge in [0, 0.05) is 0 Å². The molecule has 0 heterocycles. The first-order valence-electron chi connectivity index (χ1n) is 10.5. The standard InChI is InChI=1S/C26H30N4O2/c1-15-11-21(31-7)12-16(2)25(15)29-27-23-9-10-24(20(6)19(23)5)28-30-26-17(3)13-22(32-8)14-18(26)4/h9-14H,1-8H3. The molecule has 0 radical (unpaired) electrons. The lowest BCUT2D eigenvalue weighted by molar-refractivity contribution is 0.414. The number of nitrogens with zero attached hydrogens (tertiary/aromatic N) is 4. The van der Waals surface area contributed by atoms with E-state index in [1.807, 2.05) is 77.9 Å². The van der Waals surface area contributed by atoms with Gasteiger partial charge in [-0.25, -0.2) is 0 Å². The number of azo groups is 2. The first kappa shape index (κ1) is 23.1. The number of hydrogen-bond acceptors (Lipinski definition) is 6. The number of ether oxygens (including phenoxy) is 2. The molecule has 166 valence electrons. The van der Waals surface area contributed by atoms with E-state index in [-0.39, 0.29) is 0 Å². The van der Waals surface area contributed by atoms with Crippen LogP contribution >= 0.6 is 0 Å². The minimum Gasteiger partial charge on any atom is -0.497 e. The van der Waals surface area contributed by atoms with Gasteiger partial charge in [-0.1, -0.05) is 0 Å². The largest absolute Gasteiger partial charge is 0.497 e. The number of methoxy groups -OCH3 is 2. The van der Waals surface area contributed by atoms with Crippen LogP contribution in [0, 0.1) is 41.5 Å². The van der Waals surface area contributed by atoms with Crippen molar-refractivity contribution in [2.45, 2.75) is 41.5 Å². The summed E-state index contributed by atoms with van der Waals surface area (Å²) in [6.07, 6.45) is 0. The normalized spacial score (nSPS) is 11.5. The monoisotopic (exact) mass is 430 g/mol. The Kier molecular flexibility index (Phi) is 7.03. The highest BCUT2D eigenvalue weighted by atomic mass is 16.5. The summed E-state index contributed by atoms with van der Waals surface area (Å²) in [6, 6.07) is 11.7. The minimum atomic E-state index is 0.813. The Morgan fingerprint density at radius 2 is 0.812 bits per heavy atom. The van der Waals surface area contributed by atoms with E-state index in [1.165, 1.54) is 0 Å². The van der Waals surface area contributed by atoms with E-state index in [2.05, 4.69) is 20.5 Å². The predicted octanol–water partition coefficient (Wildman–Crippen LogP) is 8.39. The van der Waals surface area contributed by atoms with Crippen molar-refractivity contribution in [2.24, 2.45) is 20.5 Å².